The standard InChI is InChI=1S/C20H22O8/c21-10-16-17(24)18(25)19(26)20(28-16)27-15-8-12(7-14(23)9-15)2-1-11-3-5-13(22)6-4-11/h1-9,16-26H,10H2/t16-,17-,18+,19-,20-/m1/s1. The monoisotopic (exact) mass is 390 g/mol. The summed E-state index contributed by atoms with van der Waals surface area (Å²) in [6.07, 6.45) is -3.52. The van der Waals surface area contributed by atoms with Crippen molar-refractivity contribution in [2.75, 3.05) is 6.61 Å². The third-order valence-corrected chi connectivity index (χ3v) is 4.38. The Balaban J connectivity index is 1.76. The summed E-state index contributed by atoms with van der Waals surface area (Å²) in [6.45, 7) is -0.564. The summed E-state index contributed by atoms with van der Waals surface area (Å²) in [5, 5.41) is 58.2. The maximum atomic E-state index is 10.1. The van der Waals surface area contributed by atoms with Gasteiger partial charge in [-0.3, -0.25) is 0 Å². The summed E-state index contributed by atoms with van der Waals surface area (Å²) in [4.78, 5) is 0. The number of ether oxygens (including phenoxy) is 2. The van der Waals surface area contributed by atoms with Crippen LogP contribution in [-0.4, -0.2) is 68.0 Å². The van der Waals surface area contributed by atoms with Gasteiger partial charge < -0.3 is 40.1 Å². The Bertz CT molecular complexity index is 817. The molecule has 0 saturated carbocycles. The molecule has 0 radical (unpaired) electrons. The van der Waals surface area contributed by atoms with Gasteiger partial charge in [-0.05, 0) is 35.4 Å². The molecule has 0 unspecified atom stereocenters. The lowest BCUT2D eigenvalue weighted by atomic mass is 9.99. The molecule has 0 aromatic heterocycles. The van der Waals surface area contributed by atoms with Crippen molar-refractivity contribution in [3.63, 3.8) is 0 Å². The summed E-state index contributed by atoms with van der Waals surface area (Å²) in [6, 6.07) is 10.9. The predicted molar refractivity (Wildman–Crippen MR) is 99.5 cm³/mol. The number of hydrogen-bond donors (Lipinski definition) is 6. The van der Waals surface area contributed by atoms with Crippen LogP contribution < -0.4 is 4.74 Å². The van der Waals surface area contributed by atoms with Gasteiger partial charge in [0.15, 0.2) is 0 Å². The SMILES string of the molecule is OC[C@H]1O[C@@H](Oc2cc(O)cc(C=Cc3ccc(O)cc3)c2)[C@H](O)[C@@H](O)[C@@H]1O. The van der Waals surface area contributed by atoms with Crippen molar-refractivity contribution in [1.82, 2.24) is 0 Å². The van der Waals surface area contributed by atoms with Gasteiger partial charge in [0.05, 0.1) is 6.61 Å². The van der Waals surface area contributed by atoms with Crippen LogP contribution in [0.15, 0.2) is 42.5 Å². The molecular weight excluding hydrogens is 368 g/mol. The average molecular weight is 390 g/mol. The molecule has 8 heteroatoms. The van der Waals surface area contributed by atoms with Gasteiger partial charge in [-0.15, -0.1) is 0 Å². The Kier molecular flexibility index (Phi) is 6.18. The smallest absolute Gasteiger partial charge is 0.229 e. The van der Waals surface area contributed by atoms with Gasteiger partial charge in [-0.2, -0.15) is 0 Å². The molecule has 0 aliphatic carbocycles. The number of hydrogen-bond acceptors (Lipinski definition) is 8. The van der Waals surface area contributed by atoms with E-state index in [-0.39, 0.29) is 17.2 Å². The first-order valence-corrected chi connectivity index (χ1v) is 8.65. The molecule has 0 amide bonds. The molecule has 3 rings (SSSR count). The number of aromatic hydroxyl groups is 2. The van der Waals surface area contributed by atoms with Crippen LogP contribution in [0, 0.1) is 0 Å². The molecule has 1 heterocycles. The number of aliphatic hydroxyl groups is 4. The van der Waals surface area contributed by atoms with Crippen molar-refractivity contribution in [2.45, 2.75) is 30.7 Å². The summed E-state index contributed by atoms with van der Waals surface area (Å²) in [5.41, 5.74) is 1.42. The van der Waals surface area contributed by atoms with E-state index in [1.807, 2.05) is 0 Å². The van der Waals surface area contributed by atoms with Gasteiger partial charge in [-0.25, -0.2) is 0 Å². The Labute approximate surface area is 161 Å². The van der Waals surface area contributed by atoms with Crippen LogP contribution in [0.1, 0.15) is 11.1 Å². The Hall–Kier alpha value is -2.62. The quantitative estimate of drug-likeness (QED) is 0.405. The van der Waals surface area contributed by atoms with Crippen molar-refractivity contribution in [3.05, 3.63) is 53.6 Å². The van der Waals surface area contributed by atoms with E-state index < -0.39 is 37.3 Å². The Morgan fingerprint density at radius 3 is 2.18 bits per heavy atom. The molecule has 1 saturated heterocycles. The van der Waals surface area contributed by atoms with Crippen LogP contribution >= 0.6 is 0 Å². The van der Waals surface area contributed by atoms with Gasteiger partial charge in [0.1, 0.15) is 41.7 Å². The second kappa shape index (κ2) is 8.59. The zero-order valence-corrected chi connectivity index (χ0v) is 14.8. The first kappa shape index (κ1) is 20.1. The van der Waals surface area contributed by atoms with Crippen LogP contribution in [0.25, 0.3) is 12.2 Å². The topological polar surface area (TPSA) is 140 Å². The van der Waals surface area contributed by atoms with Crippen LogP contribution in [-0.2, 0) is 4.74 Å². The molecule has 1 fully saturated rings. The highest BCUT2D eigenvalue weighted by atomic mass is 16.7. The minimum absolute atomic E-state index is 0.0903. The molecule has 2 aromatic rings. The van der Waals surface area contributed by atoms with Crippen LogP contribution in [0.4, 0.5) is 0 Å². The minimum atomic E-state index is -1.55. The number of phenols is 2. The minimum Gasteiger partial charge on any atom is -0.508 e. The van der Waals surface area contributed by atoms with E-state index >= 15 is 0 Å². The highest BCUT2D eigenvalue weighted by molar-refractivity contribution is 5.71. The van der Waals surface area contributed by atoms with E-state index in [4.69, 9.17) is 9.47 Å². The normalized spacial score (nSPS) is 27.8. The maximum absolute atomic E-state index is 10.1. The fourth-order valence-corrected chi connectivity index (χ4v) is 2.85. The van der Waals surface area contributed by atoms with E-state index in [0.29, 0.717) is 5.56 Å². The van der Waals surface area contributed by atoms with E-state index in [1.165, 1.54) is 12.1 Å². The fourth-order valence-electron chi connectivity index (χ4n) is 2.85. The summed E-state index contributed by atoms with van der Waals surface area (Å²) < 4.78 is 10.8. The molecule has 150 valence electrons. The van der Waals surface area contributed by atoms with E-state index in [0.717, 1.165) is 5.56 Å². The number of phenolic OH excluding ortho intramolecular Hbond substituents is 2. The summed E-state index contributed by atoms with van der Waals surface area (Å²) in [5.74, 6) is 0.229. The summed E-state index contributed by atoms with van der Waals surface area (Å²) >= 11 is 0. The zero-order valence-electron chi connectivity index (χ0n) is 14.8. The van der Waals surface area contributed by atoms with Gasteiger partial charge in [0.25, 0.3) is 0 Å². The lowest BCUT2D eigenvalue weighted by Crippen LogP contribution is -2.60. The molecule has 0 bridgehead atoms. The fraction of sp³-hybridized carbons (Fsp3) is 0.300. The van der Waals surface area contributed by atoms with Crippen molar-refractivity contribution < 1.29 is 40.1 Å². The highest BCUT2D eigenvalue weighted by Gasteiger charge is 2.44. The number of rotatable bonds is 5. The lowest BCUT2D eigenvalue weighted by molar-refractivity contribution is -0.277. The first-order valence-electron chi connectivity index (χ1n) is 8.65. The highest BCUT2D eigenvalue weighted by Crippen LogP contribution is 2.28. The first-order chi connectivity index (χ1) is 13.4. The van der Waals surface area contributed by atoms with E-state index in [2.05, 4.69) is 0 Å². The molecule has 5 atom stereocenters. The number of benzene rings is 2. The zero-order chi connectivity index (χ0) is 20.3. The molecule has 2 aromatic carbocycles. The number of aliphatic hydroxyl groups excluding tert-OH is 4. The van der Waals surface area contributed by atoms with Gasteiger partial charge in [-0.1, -0.05) is 24.3 Å². The summed E-state index contributed by atoms with van der Waals surface area (Å²) in [7, 11) is 0. The Morgan fingerprint density at radius 1 is 0.821 bits per heavy atom. The second-order valence-corrected chi connectivity index (χ2v) is 6.50. The van der Waals surface area contributed by atoms with Crippen LogP contribution in [0.5, 0.6) is 17.2 Å². The van der Waals surface area contributed by atoms with Crippen LogP contribution in [0.2, 0.25) is 0 Å². The molecule has 1 aliphatic heterocycles. The molecule has 28 heavy (non-hydrogen) atoms. The van der Waals surface area contributed by atoms with Gasteiger partial charge >= 0.3 is 0 Å². The molecule has 0 spiro atoms. The maximum Gasteiger partial charge on any atom is 0.229 e. The third-order valence-electron chi connectivity index (χ3n) is 4.38. The van der Waals surface area contributed by atoms with Crippen molar-refractivity contribution in [1.29, 1.82) is 0 Å². The van der Waals surface area contributed by atoms with Crippen LogP contribution in [0.3, 0.4) is 0 Å². The van der Waals surface area contributed by atoms with Gasteiger partial charge in [0.2, 0.25) is 6.29 Å². The van der Waals surface area contributed by atoms with Gasteiger partial charge in [0, 0.05) is 6.07 Å². The predicted octanol–water partition coefficient (Wildman–Crippen LogP) is 0.447. The van der Waals surface area contributed by atoms with E-state index in [9.17, 15) is 30.6 Å². The van der Waals surface area contributed by atoms with Crippen molar-refractivity contribution in [3.8, 4) is 17.2 Å². The second-order valence-electron chi connectivity index (χ2n) is 6.50. The van der Waals surface area contributed by atoms with E-state index in [1.54, 1.807) is 42.5 Å². The largest absolute Gasteiger partial charge is 0.508 e. The van der Waals surface area contributed by atoms with Crippen molar-refractivity contribution >= 4 is 12.2 Å². The third kappa shape index (κ3) is 4.61. The molecular formula is C20H22O8. The molecule has 6 N–H and O–H groups in total. The average Bonchev–Trinajstić information content (AvgIpc) is 2.67. The lowest BCUT2D eigenvalue weighted by Gasteiger charge is -2.39. The van der Waals surface area contributed by atoms with Crippen molar-refractivity contribution in [2.24, 2.45) is 0 Å². The molecule has 1 aliphatic rings. The Morgan fingerprint density at radius 2 is 1.50 bits per heavy atom. The molecule has 8 nitrogen and oxygen atoms in total.